The number of aromatic nitrogens is 3. The average molecular weight is 784 g/mol. The van der Waals surface area contributed by atoms with Crippen molar-refractivity contribution in [2.24, 2.45) is 0 Å². The average Bonchev–Trinajstić information content (AvgIpc) is 3.66. The van der Waals surface area contributed by atoms with E-state index in [0.717, 1.165) is 99.6 Å². The summed E-state index contributed by atoms with van der Waals surface area (Å²) in [7, 11) is 0. The molecule has 0 aliphatic carbocycles. The molecule has 290 valence electrons. The quantitative estimate of drug-likeness (QED) is 0.158. The summed E-state index contributed by atoms with van der Waals surface area (Å²) in [6.45, 7) is 8.54. The zero-order valence-electron chi connectivity index (χ0n) is 34.5. The summed E-state index contributed by atoms with van der Waals surface area (Å²) in [5.74, 6) is 0.706. The molecule has 0 aliphatic heterocycles. The van der Waals surface area contributed by atoms with Gasteiger partial charge in [-0.1, -0.05) is 144 Å². The second kappa shape index (κ2) is 14.5. The molecular formula is C57H41N3O. The number of hydrogen-bond acceptors (Lipinski definition) is 4. The third-order valence-electron chi connectivity index (χ3n) is 11.8. The number of pyridine rings is 1. The minimum atomic E-state index is 0.706. The molecule has 0 N–H and O–H groups in total. The summed E-state index contributed by atoms with van der Waals surface area (Å²) < 4.78 is 6.74. The Balaban J connectivity index is 1.18. The van der Waals surface area contributed by atoms with Crippen LogP contribution in [0.4, 0.5) is 0 Å². The van der Waals surface area contributed by atoms with Crippen molar-refractivity contribution in [1.29, 1.82) is 0 Å². The van der Waals surface area contributed by atoms with Crippen LogP contribution in [0.2, 0.25) is 0 Å². The number of rotatable bonds is 6. The van der Waals surface area contributed by atoms with Gasteiger partial charge in [-0.25, -0.2) is 15.0 Å². The van der Waals surface area contributed by atoms with Gasteiger partial charge in [-0.3, -0.25) is 0 Å². The number of para-hydroxylation sites is 2. The van der Waals surface area contributed by atoms with E-state index in [9.17, 15) is 0 Å². The highest BCUT2D eigenvalue weighted by Crippen LogP contribution is 2.47. The molecule has 0 fully saturated rings. The first-order valence-corrected chi connectivity index (χ1v) is 20.8. The van der Waals surface area contributed by atoms with Crippen LogP contribution >= 0.6 is 0 Å². The van der Waals surface area contributed by atoms with E-state index in [0.29, 0.717) is 5.82 Å². The highest BCUT2D eigenvalue weighted by molar-refractivity contribution is 6.27. The van der Waals surface area contributed by atoms with Crippen molar-refractivity contribution >= 4 is 43.6 Å². The minimum Gasteiger partial charge on any atom is -0.456 e. The smallest absolute Gasteiger partial charge is 0.160 e. The molecule has 3 aromatic heterocycles. The number of aryl methyl sites for hydroxylation is 4. The standard InChI is InChI=1S/C57H41N3O/c1-34-25-35(2)28-43(27-34)50-33-49(59-57(60-50)44-29-36(3)26-37(4)30-44)41-15-12-16-42(31-41)53-54-45-17-8-10-19-48(45)58-56(40-23-21-39(22-24-40)38-13-6-5-7-14-38)47(54)32-52-55(53)46-18-9-11-20-51(46)61-52/h5-33H,1-4H3. The molecule has 8 aromatic carbocycles. The van der Waals surface area contributed by atoms with Gasteiger partial charge in [-0.15, -0.1) is 0 Å². The SMILES string of the molecule is Cc1cc(C)cc(-c2cc(-c3cccc(-c4c5c(cc6c(-c7ccc(-c8ccccc8)cc7)nc7ccccc7c46)oc4ccccc45)c3)nc(-c3cc(C)cc(C)c3)n2)c1. The maximum atomic E-state index is 6.74. The van der Waals surface area contributed by atoms with Gasteiger partial charge in [-0.05, 0) is 99.0 Å². The van der Waals surface area contributed by atoms with E-state index in [4.69, 9.17) is 19.4 Å². The second-order valence-corrected chi connectivity index (χ2v) is 16.4. The third-order valence-corrected chi connectivity index (χ3v) is 11.8. The van der Waals surface area contributed by atoms with Crippen LogP contribution in [0.25, 0.3) is 111 Å². The van der Waals surface area contributed by atoms with Crippen molar-refractivity contribution in [3.63, 3.8) is 0 Å². The molecule has 4 nitrogen and oxygen atoms in total. The van der Waals surface area contributed by atoms with Gasteiger partial charge < -0.3 is 4.42 Å². The first-order valence-electron chi connectivity index (χ1n) is 20.8. The van der Waals surface area contributed by atoms with E-state index in [-0.39, 0.29) is 0 Å². The molecule has 0 atom stereocenters. The molecule has 11 aromatic rings. The van der Waals surface area contributed by atoms with Gasteiger partial charge in [0.25, 0.3) is 0 Å². The number of fused-ring (bicyclic) bond motifs is 6. The predicted molar refractivity (Wildman–Crippen MR) is 254 cm³/mol. The molecule has 0 unspecified atom stereocenters. The Morgan fingerprint density at radius 2 is 0.918 bits per heavy atom. The zero-order valence-corrected chi connectivity index (χ0v) is 34.5. The first-order chi connectivity index (χ1) is 29.8. The predicted octanol–water partition coefficient (Wildman–Crippen LogP) is 15.3. The van der Waals surface area contributed by atoms with Gasteiger partial charge in [0.15, 0.2) is 5.82 Å². The van der Waals surface area contributed by atoms with Gasteiger partial charge in [0.2, 0.25) is 0 Å². The fourth-order valence-electron chi connectivity index (χ4n) is 9.21. The fraction of sp³-hybridized carbons (Fsp3) is 0.0702. The van der Waals surface area contributed by atoms with Crippen LogP contribution in [0.1, 0.15) is 22.3 Å². The van der Waals surface area contributed by atoms with Crippen molar-refractivity contribution in [2.75, 3.05) is 0 Å². The Bertz CT molecular complexity index is 3400. The molecular weight excluding hydrogens is 743 g/mol. The fourth-order valence-corrected chi connectivity index (χ4v) is 9.21. The van der Waals surface area contributed by atoms with E-state index < -0.39 is 0 Å². The van der Waals surface area contributed by atoms with Gasteiger partial charge in [0, 0.05) is 54.7 Å². The minimum absolute atomic E-state index is 0.706. The van der Waals surface area contributed by atoms with E-state index in [1.165, 1.54) is 27.8 Å². The summed E-state index contributed by atoms with van der Waals surface area (Å²) in [4.78, 5) is 15.9. The second-order valence-electron chi connectivity index (χ2n) is 16.4. The molecule has 0 aliphatic rings. The molecule has 0 amide bonds. The van der Waals surface area contributed by atoms with Gasteiger partial charge in [0.05, 0.1) is 22.6 Å². The van der Waals surface area contributed by atoms with Crippen molar-refractivity contribution < 1.29 is 4.42 Å². The molecule has 4 heteroatoms. The number of hydrogen-bond donors (Lipinski definition) is 0. The third kappa shape index (κ3) is 6.54. The molecule has 0 saturated heterocycles. The lowest BCUT2D eigenvalue weighted by Gasteiger charge is -2.17. The van der Waals surface area contributed by atoms with Crippen LogP contribution in [0.15, 0.2) is 180 Å². The monoisotopic (exact) mass is 783 g/mol. The highest BCUT2D eigenvalue weighted by atomic mass is 16.3. The molecule has 0 spiro atoms. The highest BCUT2D eigenvalue weighted by Gasteiger charge is 2.22. The van der Waals surface area contributed by atoms with Crippen LogP contribution in [0.3, 0.4) is 0 Å². The zero-order chi connectivity index (χ0) is 41.2. The van der Waals surface area contributed by atoms with E-state index in [1.807, 2.05) is 6.07 Å². The number of benzene rings is 8. The molecule has 61 heavy (non-hydrogen) atoms. The summed E-state index contributed by atoms with van der Waals surface area (Å²) in [5, 5.41) is 5.42. The maximum absolute atomic E-state index is 6.74. The Kier molecular flexibility index (Phi) is 8.68. The van der Waals surface area contributed by atoms with E-state index in [2.05, 4.69) is 198 Å². The number of nitrogens with zero attached hydrogens (tertiary/aromatic N) is 3. The Hall–Kier alpha value is -7.69. The summed E-state index contributed by atoms with van der Waals surface area (Å²) in [5.41, 5.74) is 18.7. The normalized spacial score (nSPS) is 11.6. The number of furan rings is 1. The largest absolute Gasteiger partial charge is 0.456 e. The van der Waals surface area contributed by atoms with Crippen LogP contribution in [-0.4, -0.2) is 15.0 Å². The molecule has 0 radical (unpaired) electrons. The molecule has 0 bridgehead atoms. The van der Waals surface area contributed by atoms with Crippen molar-refractivity contribution in [2.45, 2.75) is 27.7 Å². The van der Waals surface area contributed by atoms with Crippen LogP contribution < -0.4 is 0 Å². The lowest BCUT2D eigenvalue weighted by molar-refractivity contribution is 0.669. The van der Waals surface area contributed by atoms with Crippen molar-refractivity contribution in [3.05, 3.63) is 198 Å². The Morgan fingerprint density at radius 3 is 1.66 bits per heavy atom. The van der Waals surface area contributed by atoms with Gasteiger partial charge in [-0.2, -0.15) is 0 Å². The lowest BCUT2D eigenvalue weighted by atomic mass is 9.88. The van der Waals surface area contributed by atoms with E-state index >= 15 is 0 Å². The molecule has 0 saturated carbocycles. The van der Waals surface area contributed by atoms with E-state index in [1.54, 1.807) is 0 Å². The maximum Gasteiger partial charge on any atom is 0.160 e. The molecule has 3 heterocycles. The van der Waals surface area contributed by atoms with Crippen LogP contribution in [0, 0.1) is 27.7 Å². The summed E-state index contributed by atoms with van der Waals surface area (Å²) in [6, 6.07) is 62.5. The van der Waals surface area contributed by atoms with Crippen LogP contribution in [-0.2, 0) is 0 Å². The summed E-state index contributed by atoms with van der Waals surface area (Å²) >= 11 is 0. The Labute approximate surface area is 354 Å². The van der Waals surface area contributed by atoms with Crippen LogP contribution in [0.5, 0.6) is 0 Å². The van der Waals surface area contributed by atoms with Gasteiger partial charge >= 0.3 is 0 Å². The van der Waals surface area contributed by atoms with Gasteiger partial charge in [0.1, 0.15) is 11.2 Å². The molecule has 11 rings (SSSR count). The van der Waals surface area contributed by atoms with Crippen molar-refractivity contribution in [3.8, 4) is 67.4 Å². The topological polar surface area (TPSA) is 51.8 Å². The Morgan fingerprint density at radius 1 is 0.344 bits per heavy atom. The first kappa shape index (κ1) is 36.4. The van der Waals surface area contributed by atoms with Crippen molar-refractivity contribution in [1.82, 2.24) is 15.0 Å². The summed E-state index contributed by atoms with van der Waals surface area (Å²) in [6.07, 6.45) is 0. The lowest BCUT2D eigenvalue weighted by Crippen LogP contribution is -1.97.